The molecule has 5 N–H and O–H groups in total. The number of amides is 5. The molecule has 2 aromatic rings. The molecular weight excluding hydrogens is 646 g/mol. The average Bonchev–Trinajstić information content (AvgIpc) is 3.43. The number of carbonyl (C=O) groups excluding carboxylic acids is 5. The summed E-state index contributed by atoms with van der Waals surface area (Å²) in [5.41, 5.74) is 0.242. The molecule has 16 heteroatoms. The number of benzene rings is 1. The maximum atomic E-state index is 14.3. The summed E-state index contributed by atoms with van der Waals surface area (Å²) in [4.78, 5) is 82.5. The van der Waals surface area contributed by atoms with Gasteiger partial charge in [0.15, 0.2) is 5.82 Å². The Morgan fingerprint density at radius 2 is 1.85 bits per heavy atom. The highest BCUT2D eigenvalue weighted by Gasteiger charge is 2.43. The number of aromatic nitrogens is 1. The third kappa shape index (κ3) is 9.13. The summed E-state index contributed by atoms with van der Waals surface area (Å²) in [7, 11) is 0. The molecule has 1 aromatic heterocycles. The van der Waals surface area contributed by atoms with E-state index in [0.717, 1.165) is 12.3 Å². The minimum Gasteiger partial charge on any atom is -0.480 e. The van der Waals surface area contributed by atoms with E-state index in [1.807, 2.05) is 0 Å². The van der Waals surface area contributed by atoms with Crippen LogP contribution in [0.1, 0.15) is 54.4 Å². The quantitative estimate of drug-likeness (QED) is 0.305. The van der Waals surface area contributed by atoms with Crippen LogP contribution in [0.4, 0.5) is 4.39 Å². The van der Waals surface area contributed by atoms with Gasteiger partial charge in [-0.1, -0.05) is 29.3 Å². The summed E-state index contributed by atoms with van der Waals surface area (Å²) in [5.74, 6) is -5.43. The molecule has 13 nitrogen and oxygen atoms in total. The molecule has 0 spiro atoms. The minimum absolute atomic E-state index is 0.0584. The van der Waals surface area contributed by atoms with E-state index in [1.165, 1.54) is 11.1 Å². The van der Waals surface area contributed by atoms with Crippen LogP contribution in [-0.4, -0.2) is 87.8 Å². The van der Waals surface area contributed by atoms with Gasteiger partial charge in [-0.15, -0.1) is 0 Å². The second-order valence-electron chi connectivity index (χ2n) is 11.1. The Balaban J connectivity index is 1.59. The number of carbonyl (C=O) groups is 6. The number of nitrogens with one attached hydrogen (secondary N) is 4. The molecule has 2 aliphatic rings. The Bertz CT molecular complexity index is 1510. The van der Waals surface area contributed by atoms with Crippen LogP contribution in [0.5, 0.6) is 0 Å². The number of carboxylic acids is 1. The smallest absolute Gasteiger partial charge is 0.326 e. The van der Waals surface area contributed by atoms with Crippen LogP contribution >= 0.6 is 23.2 Å². The van der Waals surface area contributed by atoms with E-state index in [9.17, 15) is 38.3 Å². The number of hydrogen-bond donors (Lipinski definition) is 5. The first-order valence-electron chi connectivity index (χ1n) is 14.7. The molecule has 1 aromatic carbocycles. The SMILES string of the molecule is O=C1CC[C@@H](C(=O)O)NC(=O)[C@@H]2C[C@@H](NC(=O)Cc3ccc(Cl)c(Cl)c3)CN2C(=O)[C@@H](NC(=O)c2ccncc2F)CCCCN1. The molecule has 3 heterocycles. The van der Waals surface area contributed by atoms with Crippen molar-refractivity contribution < 1.29 is 38.3 Å². The fourth-order valence-corrected chi connectivity index (χ4v) is 5.71. The molecule has 4 rings (SSSR count). The Kier molecular flexibility index (Phi) is 11.9. The number of carboxylic acid groups (broad SMARTS) is 1. The monoisotopic (exact) mass is 678 g/mol. The highest BCUT2D eigenvalue weighted by atomic mass is 35.5. The lowest BCUT2D eigenvalue weighted by molar-refractivity contribution is -0.144. The Labute approximate surface area is 273 Å². The summed E-state index contributed by atoms with van der Waals surface area (Å²) < 4.78 is 14.3. The number of aliphatic carboxylic acids is 1. The van der Waals surface area contributed by atoms with Crippen LogP contribution in [0.3, 0.4) is 0 Å². The van der Waals surface area contributed by atoms with Crippen LogP contribution in [-0.2, 0) is 30.4 Å². The van der Waals surface area contributed by atoms with Crippen molar-refractivity contribution in [2.45, 2.75) is 69.1 Å². The molecule has 2 saturated heterocycles. The van der Waals surface area contributed by atoms with Gasteiger partial charge >= 0.3 is 5.97 Å². The van der Waals surface area contributed by atoms with Crippen molar-refractivity contribution >= 4 is 58.7 Å². The zero-order valence-corrected chi connectivity index (χ0v) is 26.1. The van der Waals surface area contributed by atoms with Crippen molar-refractivity contribution in [2.24, 2.45) is 0 Å². The predicted molar refractivity (Wildman–Crippen MR) is 163 cm³/mol. The molecule has 0 aliphatic carbocycles. The van der Waals surface area contributed by atoms with Crippen LogP contribution < -0.4 is 21.3 Å². The zero-order valence-electron chi connectivity index (χ0n) is 24.6. The third-order valence-electron chi connectivity index (χ3n) is 7.74. The van der Waals surface area contributed by atoms with Crippen molar-refractivity contribution in [3.8, 4) is 0 Å². The number of pyridine rings is 1. The van der Waals surface area contributed by atoms with E-state index in [4.69, 9.17) is 23.2 Å². The van der Waals surface area contributed by atoms with Gasteiger partial charge in [0, 0.05) is 31.7 Å². The number of fused-ring (bicyclic) bond motifs is 1. The van der Waals surface area contributed by atoms with E-state index in [1.54, 1.807) is 18.2 Å². The number of halogens is 3. The second kappa shape index (κ2) is 15.8. The van der Waals surface area contributed by atoms with Gasteiger partial charge in [-0.2, -0.15) is 0 Å². The molecule has 2 aliphatic heterocycles. The van der Waals surface area contributed by atoms with E-state index < -0.39 is 65.5 Å². The Hall–Kier alpha value is -4.30. The van der Waals surface area contributed by atoms with E-state index in [0.29, 0.717) is 23.4 Å². The van der Waals surface area contributed by atoms with Crippen molar-refractivity contribution in [2.75, 3.05) is 13.1 Å². The molecule has 246 valence electrons. The maximum Gasteiger partial charge on any atom is 0.326 e. The van der Waals surface area contributed by atoms with Crippen molar-refractivity contribution in [3.63, 3.8) is 0 Å². The zero-order chi connectivity index (χ0) is 33.4. The van der Waals surface area contributed by atoms with E-state index in [-0.39, 0.29) is 55.8 Å². The van der Waals surface area contributed by atoms with Gasteiger partial charge in [0.1, 0.15) is 18.1 Å². The molecule has 0 unspecified atom stereocenters. The second-order valence-corrected chi connectivity index (χ2v) is 11.9. The Morgan fingerprint density at radius 3 is 2.57 bits per heavy atom. The van der Waals surface area contributed by atoms with Crippen LogP contribution in [0.25, 0.3) is 0 Å². The summed E-state index contributed by atoms with van der Waals surface area (Å²) in [6, 6.07) is 1.33. The van der Waals surface area contributed by atoms with Gasteiger partial charge in [-0.3, -0.25) is 29.0 Å². The fraction of sp³-hybridized carbons (Fsp3) is 0.433. The highest BCUT2D eigenvalue weighted by molar-refractivity contribution is 6.42. The lowest BCUT2D eigenvalue weighted by Crippen LogP contribution is -2.55. The largest absolute Gasteiger partial charge is 0.480 e. The summed E-state index contributed by atoms with van der Waals surface area (Å²) >= 11 is 12.0. The lowest BCUT2D eigenvalue weighted by Gasteiger charge is -2.29. The molecule has 4 atom stereocenters. The van der Waals surface area contributed by atoms with Gasteiger partial charge in [0.2, 0.25) is 23.6 Å². The molecule has 46 heavy (non-hydrogen) atoms. The van der Waals surface area contributed by atoms with Crippen molar-refractivity contribution in [1.82, 2.24) is 31.2 Å². The minimum atomic E-state index is -1.42. The van der Waals surface area contributed by atoms with E-state index >= 15 is 0 Å². The maximum absolute atomic E-state index is 14.3. The van der Waals surface area contributed by atoms with Gasteiger partial charge in [0.05, 0.1) is 28.2 Å². The van der Waals surface area contributed by atoms with E-state index in [2.05, 4.69) is 26.3 Å². The first kappa shape index (κ1) is 34.6. The normalized spacial score (nSPS) is 22.8. The lowest BCUT2D eigenvalue weighted by atomic mass is 10.1. The first-order chi connectivity index (χ1) is 21.9. The molecule has 5 amide bonds. The van der Waals surface area contributed by atoms with Crippen LogP contribution in [0.2, 0.25) is 10.0 Å². The van der Waals surface area contributed by atoms with Crippen molar-refractivity contribution in [1.29, 1.82) is 0 Å². The highest BCUT2D eigenvalue weighted by Crippen LogP contribution is 2.24. The standard InChI is InChI=1S/C30H33Cl2FN6O7/c31-19-5-4-16(11-20(19)32)12-26(41)36-17-13-24-28(43)38-23(30(45)46)6-7-25(40)35-9-2-1-3-22(29(44)39(24)15-17)37-27(42)18-8-10-34-14-21(18)33/h4-5,8,10-11,14,17,22-24H,1-3,6-7,9,12-13,15H2,(H,35,40)(H,36,41)(H,37,42)(H,38,43)(H,45,46)/t17-,22+,23+,24+/m1/s1. The van der Waals surface area contributed by atoms with Crippen LogP contribution in [0.15, 0.2) is 36.7 Å². The molecule has 0 saturated carbocycles. The van der Waals surface area contributed by atoms with Gasteiger partial charge in [-0.25, -0.2) is 9.18 Å². The first-order valence-corrected chi connectivity index (χ1v) is 15.4. The third-order valence-corrected chi connectivity index (χ3v) is 8.48. The van der Waals surface area contributed by atoms with Crippen LogP contribution in [0, 0.1) is 5.82 Å². The van der Waals surface area contributed by atoms with Gasteiger partial charge in [-0.05, 0) is 55.9 Å². The van der Waals surface area contributed by atoms with Gasteiger partial charge < -0.3 is 31.3 Å². The summed E-state index contributed by atoms with van der Waals surface area (Å²) in [5, 5.41) is 20.8. The number of hydrogen-bond acceptors (Lipinski definition) is 7. The van der Waals surface area contributed by atoms with Crippen molar-refractivity contribution in [3.05, 3.63) is 63.6 Å². The van der Waals surface area contributed by atoms with Gasteiger partial charge in [0.25, 0.3) is 5.91 Å². The fourth-order valence-electron chi connectivity index (χ4n) is 5.39. The predicted octanol–water partition coefficient (Wildman–Crippen LogP) is 1.60. The number of rotatable bonds is 6. The average molecular weight is 680 g/mol. The topological polar surface area (TPSA) is 187 Å². The molecular formula is C30H33Cl2FN6O7. The summed E-state index contributed by atoms with van der Waals surface area (Å²) in [6.07, 6.45) is 2.48. The molecule has 0 radical (unpaired) electrons. The molecule has 2 fully saturated rings. The number of nitrogens with zero attached hydrogens (tertiary/aromatic N) is 2. The Morgan fingerprint density at radius 1 is 1.07 bits per heavy atom. The summed E-state index contributed by atoms with van der Waals surface area (Å²) in [6.45, 7) is 0.105. The molecule has 0 bridgehead atoms.